The third-order valence-electron chi connectivity index (χ3n) is 3.54. The van der Waals surface area contributed by atoms with Gasteiger partial charge in [-0.15, -0.1) is 0 Å². The first-order chi connectivity index (χ1) is 7.92. The summed E-state index contributed by atoms with van der Waals surface area (Å²) in [5.74, 6) is 0. The second kappa shape index (κ2) is 6.05. The van der Waals surface area contributed by atoms with Crippen LogP contribution >= 0.6 is 0 Å². The van der Waals surface area contributed by atoms with Crippen molar-refractivity contribution in [3.05, 3.63) is 34.9 Å². The average molecular weight is 218 g/mol. The molecule has 0 amide bonds. The molecule has 2 rings (SSSR count). The average Bonchev–Trinajstić information content (AvgIpc) is 2.35. The fourth-order valence-corrected chi connectivity index (χ4v) is 2.66. The Balaban J connectivity index is 1.97. The number of unbranched alkanes of at least 4 members (excludes halogenated alkanes) is 1. The van der Waals surface area contributed by atoms with E-state index in [-0.39, 0.29) is 0 Å². The van der Waals surface area contributed by atoms with E-state index in [9.17, 15) is 0 Å². The van der Waals surface area contributed by atoms with Gasteiger partial charge in [0.25, 0.3) is 0 Å². The number of ether oxygens (including phenoxy) is 1. The van der Waals surface area contributed by atoms with Crippen molar-refractivity contribution in [3.8, 4) is 0 Å². The van der Waals surface area contributed by atoms with Crippen LogP contribution in [-0.4, -0.2) is 13.7 Å². The third-order valence-corrected chi connectivity index (χ3v) is 3.54. The number of methoxy groups -OCH3 is 1. The summed E-state index contributed by atoms with van der Waals surface area (Å²) in [5.41, 5.74) is 4.86. The second-order valence-corrected chi connectivity index (χ2v) is 4.71. The zero-order chi connectivity index (χ0) is 11.2. The van der Waals surface area contributed by atoms with Gasteiger partial charge in [0.2, 0.25) is 0 Å². The van der Waals surface area contributed by atoms with Crippen LogP contribution < -0.4 is 0 Å². The van der Waals surface area contributed by atoms with E-state index in [0.29, 0.717) is 0 Å². The quantitative estimate of drug-likeness (QED) is 0.687. The van der Waals surface area contributed by atoms with E-state index in [1.54, 1.807) is 23.8 Å². The SMILES string of the molecule is COCCCCc1cccc2c1CCCC2. The van der Waals surface area contributed by atoms with Crippen molar-refractivity contribution >= 4 is 0 Å². The monoisotopic (exact) mass is 218 g/mol. The van der Waals surface area contributed by atoms with Crippen molar-refractivity contribution in [2.45, 2.75) is 44.9 Å². The highest BCUT2D eigenvalue weighted by Gasteiger charge is 2.11. The van der Waals surface area contributed by atoms with Crippen LogP contribution in [0.25, 0.3) is 0 Å². The Labute approximate surface area is 98.8 Å². The Bertz CT molecular complexity index is 330. The molecule has 1 heteroatoms. The number of benzene rings is 1. The lowest BCUT2D eigenvalue weighted by molar-refractivity contribution is 0.193. The predicted octanol–water partition coefficient (Wildman–Crippen LogP) is 3.53. The van der Waals surface area contributed by atoms with Gasteiger partial charge in [-0.1, -0.05) is 18.2 Å². The molecule has 16 heavy (non-hydrogen) atoms. The predicted molar refractivity (Wildman–Crippen MR) is 67.9 cm³/mol. The zero-order valence-corrected chi connectivity index (χ0v) is 10.3. The maximum absolute atomic E-state index is 5.09. The van der Waals surface area contributed by atoms with Crippen molar-refractivity contribution in [2.75, 3.05) is 13.7 Å². The highest BCUT2D eigenvalue weighted by Crippen LogP contribution is 2.25. The van der Waals surface area contributed by atoms with E-state index in [4.69, 9.17) is 4.74 Å². The minimum atomic E-state index is 0.898. The van der Waals surface area contributed by atoms with Gasteiger partial charge >= 0.3 is 0 Å². The van der Waals surface area contributed by atoms with E-state index in [1.807, 2.05) is 0 Å². The van der Waals surface area contributed by atoms with Crippen molar-refractivity contribution in [3.63, 3.8) is 0 Å². The van der Waals surface area contributed by atoms with Gasteiger partial charge in [-0.05, 0) is 61.6 Å². The Kier molecular flexibility index (Phi) is 4.41. The van der Waals surface area contributed by atoms with Crippen LogP contribution in [0.1, 0.15) is 42.4 Å². The molecule has 1 aromatic rings. The Hall–Kier alpha value is -0.820. The van der Waals surface area contributed by atoms with Gasteiger partial charge in [0.1, 0.15) is 0 Å². The minimum Gasteiger partial charge on any atom is -0.385 e. The molecule has 0 bridgehead atoms. The van der Waals surface area contributed by atoms with Gasteiger partial charge in [-0.2, -0.15) is 0 Å². The molecule has 0 saturated carbocycles. The number of hydrogen-bond acceptors (Lipinski definition) is 1. The molecule has 0 radical (unpaired) electrons. The van der Waals surface area contributed by atoms with Crippen LogP contribution in [0.5, 0.6) is 0 Å². The number of hydrogen-bond donors (Lipinski definition) is 0. The van der Waals surface area contributed by atoms with Crippen LogP contribution in [0.2, 0.25) is 0 Å². The minimum absolute atomic E-state index is 0.898. The first kappa shape index (κ1) is 11.7. The van der Waals surface area contributed by atoms with Gasteiger partial charge in [-0.3, -0.25) is 0 Å². The van der Waals surface area contributed by atoms with Crippen LogP contribution in [0, 0.1) is 0 Å². The summed E-state index contributed by atoms with van der Waals surface area (Å²) in [6.45, 7) is 0.898. The molecule has 0 aromatic heterocycles. The molecule has 88 valence electrons. The molecule has 0 atom stereocenters. The Morgan fingerprint density at radius 3 is 2.88 bits per heavy atom. The molecule has 1 aliphatic carbocycles. The lowest BCUT2D eigenvalue weighted by Gasteiger charge is -2.19. The molecule has 1 aliphatic rings. The topological polar surface area (TPSA) is 9.23 Å². The van der Waals surface area contributed by atoms with Gasteiger partial charge in [0.15, 0.2) is 0 Å². The molecule has 0 saturated heterocycles. The molecule has 1 aromatic carbocycles. The van der Waals surface area contributed by atoms with Gasteiger partial charge < -0.3 is 4.74 Å². The van der Waals surface area contributed by atoms with Crippen molar-refractivity contribution in [2.24, 2.45) is 0 Å². The summed E-state index contributed by atoms with van der Waals surface area (Å²) < 4.78 is 5.09. The highest BCUT2D eigenvalue weighted by molar-refractivity contribution is 5.37. The lowest BCUT2D eigenvalue weighted by atomic mass is 9.87. The number of aryl methyl sites for hydroxylation is 2. The van der Waals surface area contributed by atoms with Crippen LogP contribution in [0.15, 0.2) is 18.2 Å². The summed E-state index contributed by atoms with van der Waals surface area (Å²) in [6.07, 6.45) is 9.01. The van der Waals surface area contributed by atoms with Crippen molar-refractivity contribution < 1.29 is 4.74 Å². The van der Waals surface area contributed by atoms with E-state index in [1.165, 1.54) is 44.9 Å². The highest BCUT2D eigenvalue weighted by atomic mass is 16.5. The van der Waals surface area contributed by atoms with Crippen LogP contribution in [-0.2, 0) is 24.0 Å². The van der Waals surface area contributed by atoms with E-state index in [0.717, 1.165) is 6.61 Å². The number of fused-ring (bicyclic) bond motifs is 1. The second-order valence-electron chi connectivity index (χ2n) is 4.71. The van der Waals surface area contributed by atoms with E-state index >= 15 is 0 Å². The molecule has 1 nitrogen and oxygen atoms in total. The van der Waals surface area contributed by atoms with Gasteiger partial charge in [-0.25, -0.2) is 0 Å². The first-order valence-electron chi connectivity index (χ1n) is 6.50. The first-order valence-corrected chi connectivity index (χ1v) is 6.50. The standard InChI is InChI=1S/C15H22O/c1-16-12-5-4-8-14-10-6-9-13-7-2-3-11-15(13)14/h6,9-10H,2-5,7-8,11-12H2,1H3. The summed E-state index contributed by atoms with van der Waals surface area (Å²) in [5, 5.41) is 0. The molecule has 0 fully saturated rings. The number of rotatable bonds is 5. The molecule has 0 aliphatic heterocycles. The van der Waals surface area contributed by atoms with Crippen LogP contribution in [0.3, 0.4) is 0 Å². The molecule has 0 unspecified atom stereocenters. The normalized spacial score (nSPS) is 14.8. The molecule has 0 spiro atoms. The Morgan fingerprint density at radius 2 is 2.00 bits per heavy atom. The van der Waals surface area contributed by atoms with Crippen molar-refractivity contribution in [1.82, 2.24) is 0 Å². The van der Waals surface area contributed by atoms with Crippen LogP contribution in [0.4, 0.5) is 0 Å². The maximum atomic E-state index is 5.09. The summed E-state index contributed by atoms with van der Waals surface area (Å²) in [4.78, 5) is 0. The summed E-state index contributed by atoms with van der Waals surface area (Å²) in [6, 6.07) is 6.86. The molecular formula is C15H22O. The largest absolute Gasteiger partial charge is 0.385 e. The fourth-order valence-electron chi connectivity index (χ4n) is 2.66. The van der Waals surface area contributed by atoms with Gasteiger partial charge in [0, 0.05) is 13.7 Å². The van der Waals surface area contributed by atoms with Crippen molar-refractivity contribution in [1.29, 1.82) is 0 Å². The van der Waals surface area contributed by atoms with E-state index < -0.39 is 0 Å². The lowest BCUT2D eigenvalue weighted by Crippen LogP contribution is -2.06. The molecular weight excluding hydrogens is 196 g/mol. The Morgan fingerprint density at radius 1 is 1.12 bits per heavy atom. The zero-order valence-electron chi connectivity index (χ0n) is 10.3. The maximum Gasteiger partial charge on any atom is 0.0462 e. The summed E-state index contributed by atoms with van der Waals surface area (Å²) in [7, 11) is 1.78. The van der Waals surface area contributed by atoms with E-state index in [2.05, 4.69) is 18.2 Å². The molecule has 0 heterocycles. The smallest absolute Gasteiger partial charge is 0.0462 e. The molecule has 0 N–H and O–H groups in total. The third kappa shape index (κ3) is 2.85. The summed E-state index contributed by atoms with van der Waals surface area (Å²) >= 11 is 0. The fraction of sp³-hybridized carbons (Fsp3) is 0.600. The van der Waals surface area contributed by atoms with Gasteiger partial charge in [0.05, 0.1) is 0 Å².